The van der Waals surface area contributed by atoms with Gasteiger partial charge in [-0.1, -0.05) is 0 Å². The van der Waals surface area contributed by atoms with Crippen molar-refractivity contribution in [2.24, 2.45) is 11.8 Å². The minimum atomic E-state index is -0.350. The number of hydrogen-bond acceptors (Lipinski definition) is 5. The SMILES string of the molecule is COC(=O)N1CCC[C@@H](C(=O)N[C@@H](c2ncc(C)s2)C2CC2)C1. The van der Waals surface area contributed by atoms with Gasteiger partial charge in [0, 0.05) is 24.2 Å². The Morgan fingerprint density at radius 3 is 2.83 bits per heavy atom. The monoisotopic (exact) mass is 337 g/mol. The average molecular weight is 337 g/mol. The molecule has 0 bridgehead atoms. The Kier molecular flexibility index (Phi) is 4.84. The number of nitrogens with one attached hydrogen (secondary N) is 1. The van der Waals surface area contributed by atoms with Gasteiger partial charge in [0.1, 0.15) is 5.01 Å². The van der Waals surface area contributed by atoms with Crippen LogP contribution in [0.5, 0.6) is 0 Å². The molecule has 3 rings (SSSR count). The molecule has 0 spiro atoms. The lowest BCUT2D eigenvalue weighted by atomic mass is 9.97. The zero-order valence-corrected chi connectivity index (χ0v) is 14.4. The van der Waals surface area contributed by atoms with E-state index < -0.39 is 0 Å². The molecule has 6 nitrogen and oxygen atoms in total. The van der Waals surface area contributed by atoms with Crippen LogP contribution >= 0.6 is 11.3 Å². The lowest BCUT2D eigenvalue weighted by molar-refractivity contribution is -0.127. The number of likely N-dealkylation sites (tertiary alicyclic amines) is 1. The van der Waals surface area contributed by atoms with Crippen LogP contribution in [0.3, 0.4) is 0 Å². The van der Waals surface area contributed by atoms with Gasteiger partial charge in [-0.2, -0.15) is 0 Å². The van der Waals surface area contributed by atoms with Crippen LogP contribution in [-0.2, 0) is 9.53 Å². The van der Waals surface area contributed by atoms with Gasteiger partial charge in [0.25, 0.3) is 0 Å². The van der Waals surface area contributed by atoms with Crippen molar-refractivity contribution in [3.63, 3.8) is 0 Å². The minimum absolute atomic E-state index is 0.0229. The van der Waals surface area contributed by atoms with Gasteiger partial charge in [-0.05, 0) is 38.5 Å². The number of hydrogen-bond donors (Lipinski definition) is 1. The predicted octanol–water partition coefficient (Wildman–Crippen LogP) is 2.50. The highest BCUT2D eigenvalue weighted by Gasteiger charge is 2.37. The van der Waals surface area contributed by atoms with E-state index in [0.29, 0.717) is 19.0 Å². The lowest BCUT2D eigenvalue weighted by Crippen LogP contribution is -2.46. The molecule has 0 aromatic carbocycles. The number of carbonyl (C=O) groups excluding carboxylic acids is 2. The van der Waals surface area contributed by atoms with E-state index in [1.54, 1.807) is 16.2 Å². The van der Waals surface area contributed by atoms with E-state index >= 15 is 0 Å². The van der Waals surface area contributed by atoms with Crippen LogP contribution in [0, 0.1) is 18.8 Å². The summed E-state index contributed by atoms with van der Waals surface area (Å²) in [4.78, 5) is 31.6. The number of amides is 2. The molecule has 1 aromatic heterocycles. The molecule has 23 heavy (non-hydrogen) atoms. The van der Waals surface area contributed by atoms with Crippen molar-refractivity contribution >= 4 is 23.3 Å². The Bertz CT molecular complexity index is 585. The minimum Gasteiger partial charge on any atom is -0.453 e. The third-order valence-corrected chi connectivity index (χ3v) is 5.52. The number of methoxy groups -OCH3 is 1. The maximum Gasteiger partial charge on any atom is 0.409 e. The van der Waals surface area contributed by atoms with Crippen molar-refractivity contribution in [3.8, 4) is 0 Å². The molecule has 2 heterocycles. The normalized spacial score (nSPS) is 22.5. The van der Waals surface area contributed by atoms with Crippen molar-refractivity contribution < 1.29 is 14.3 Å². The summed E-state index contributed by atoms with van der Waals surface area (Å²) in [7, 11) is 1.37. The first-order chi connectivity index (χ1) is 11.1. The number of nitrogens with zero attached hydrogens (tertiary/aromatic N) is 2. The summed E-state index contributed by atoms with van der Waals surface area (Å²) in [5, 5.41) is 4.19. The Hall–Kier alpha value is -1.63. The number of ether oxygens (including phenoxy) is 1. The summed E-state index contributed by atoms with van der Waals surface area (Å²) in [6.07, 6.45) is 5.44. The molecule has 0 unspecified atom stereocenters. The molecular formula is C16H23N3O3S. The van der Waals surface area contributed by atoms with Crippen LogP contribution in [0.4, 0.5) is 4.79 Å². The molecule has 1 aliphatic heterocycles. The van der Waals surface area contributed by atoms with Gasteiger partial charge in [0.15, 0.2) is 0 Å². The van der Waals surface area contributed by atoms with Crippen molar-refractivity contribution in [1.82, 2.24) is 15.2 Å². The maximum atomic E-state index is 12.7. The zero-order chi connectivity index (χ0) is 16.4. The fourth-order valence-electron chi connectivity index (χ4n) is 3.08. The van der Waals surface area contributed by atoms with Gasteiger partial charge in [-0.15, -0.1) is 11.3 Å². The van der Waals surface area contributed by atoms with Gasteiger partial charge in [-0.3, -0.25) is 4.79 Å². The number of aryl methyl sites for hydroxylation is 1. The number of thiazole rings is 1. The summed E-state index contributed by atoms with van der Waals surface area (Å²) in [6, 6.07) is 0.0229. The Morgan fingerprint density at radius 2 is 2.22 bits per heavy atom. The summed E-state index contributed by atoms with van der Waals surface area (Å²) < 4.78 is 4.77. The van der Waals surface area contributed by atoms with Gasteiger partial charge in [-0.25, -0.2) is 9.78 Å². The number of aromatic nitrogens is 1. The molecule has 1 saturated heterocycles. The zero-order valence-electron chi connectivity index (χ0n) is 13.6. The molecule has 2 aliphatic rings. The van der Waals surface area contributed by atoms with Crippen LogP contribution in [0.2, 0.25) is 0 Å². The molecular weight excluding hydrogens is 314 g/mol. The standard InChI is InChI=1S/C16H23N3O3S/c1-10-8-17-15(23-10)13(11-5-6-11)18-14(20)12-4-3-7-19(9-12)16(21)22-2/h8,11-13H,3-7,9H2,1-2H3,(H,18,20)/t12-,13-/m1/s1. The van der Waals surface area contributed by atoms with Crippen LogP contribution in [0.1, 0.15) is 41.6 Å². The van der Waals surface area contributed by atoms with Gasteiger partial charge in [0.05, 0.1) is 19.1 Å². The van der Waals surface area contributed by atoms with E-state index in [0.717, 1.165) is 35.6 Å². The topological polar surface area (TPSA) is 71.5 Å². The van der Waals surface area contributed by atoms with E-state index in [1.165, 1.54) is 7.11 Å². The molecule has 1 aromatic rings. The van der Waals surface area contributed by atoms with Crippen LogP contribution in [0.15, 0.2) is 6.20 Å². The van der Waals surface area contributed by atoms with E-state index in [9.17, 15) is 9.59 Å². The van der Waals surface area contributed by atoms with E-state index in [1.807, 2.05) is 13.1 Å². The molecule has 1 aliphatic carbocycles. The van der Waals surface area contributed by atoms with E-state index in [-0.39, 0.29) is 24.0 Å². The average Bonchev–Trinajstić information content (AvgIpc) is 3.32. The number of rotatable bonds is 4. The van der Waals surface area contributed by atoms with Crippen LogP contribution in [0.25, 0.3) is 0 Å². The molecule has 1 saturated carbocycles. The van der Waals surface area contributed by atoms with E-state index in [2.05, 4.69) is 10.3 Å². The van der Waals surface area contributed by atoms with Gasteiger partial charge in [0.2, 0.25) is 5.91 Å². The Morgan fingerprint density at radius 1 is 1.43 bits per heavy atom. The van der Waals surface area contributed by atoms with Crippen LogP contribution in [-0.4, -0.2) is 42.1 Å². The van der Waals surface area contributed by atoms with Gasteiger partial charge < -0.3 is 15.0 Å². The largest absolute Gasteiger partial charge is 0.453 e. The fourth-order valence-corrected chi connectivity index (χ4v) is 4.00. The smallest absolute Gasteiger partial charge is 0.409 e. The first kappa shape index (κ1) is 16.2. The Labute approximate surface area is 140 Å². The van der Waals surface area contributed by atoms with E-state index in [4.69, 9.17) is 4.74 Å². The summed E-state index contributed by atoms with van der Waals surface area (Å²) >= 11 is 1.65. The maximum absolute atomic E-state index is 12.7. The first-order valence-electron chi connectivity index (χ1n) is 8.14. The summed E-state index contributed by atoms with van der Waals surface area (Å²) in [5.41, 5.74) is 0. The van der Waals surface area contributed by atoms with Crippen molar-refractivity contribution in [2.75, 3.05) is 20.2 Å². The van der Waals surface area contributed by atoms with Crippen molar-refractivity contribution in [3.05, 3.63) is 16.1 Å². The first-order valence-corrected chi connectivity index (χ1v) is 8.95. The number of carbonyl (C=O) groups is 2. The highest BCUT2D eigenvalue weighted by atomic mass is 32.1. The molecule has 0 radical (unpaired) electrons. The lowest BCUT2D eigenvalue weighted by Gasteiger charge is -2.31. The predicted molar refractivity (Wildman–Crippen MR) is 87.2 cm³/mol. The van der Waals surface area contributed by atoms with Crippen LogP contribution < -0.4 is 5.32 Å². The fraction of sp³-hybridized carbons (Fsp3) is 0.688. The molecule has 2 atom stereocenters. The third-order valence-electron chi connectivity index (χ3n) is 4.52. The second kappa shape index (κ2) is 6.86. The molecule has 126 valence electrons. The number of piperidine rings is 1. The summed E-state index contributed by atoms with van der Waals surface area (Å²) in [5.74, 6) is 0.373. The molecule has 2 amide bonds. The molecule has 1 N–H and O–H groups in total. The summed E-state index contributed by atoms with van der Waals surface area (Å²) in [6.45, 7) is 3.13. The van der Waals surface area contributed by atoms with Gasteiger partial charge >= 0.3 is 6.09 Å². The quantitative estimate of drug-likeness (QED) is 0.916. The van der Waals surface area contributed by atoms with Crippen molar-refractivity contribution in [2.45, 2.75) is 38.6 Å². The molecule has 7 heteroatoms. The highest BCUT2D eigenvalue weighted by molar-refractivity contribution is 7.11. The second-order valence-electron chi connectivity index (χ2n) is 6.39. The van der Waals surface area contributed by atoms with Crippen molar-refractivity contribution in [1.29, 1.82) is 0 Å². The molecule has 2 fully saturated rings. The highest BCUT2D eigenvalue weighted by Crippen LogP contribution is 2.42. The second-order valence-corrected chi connectivity index (χ2v) is 7.65. The third kappa shape index (κ3) is 3.83. The Balaban J connectivity index is 1.63.